The molecule has 2 aromatic rings. The van der Waals surface area contributed by atoms with E-state index in [1.807, 2.05) is 6.07 Å². The van der Waals surface area contributed by atoms with E-state index in [1.54, 1.807) is 11.6 Å². The molecular formula is C30H36FNO2. The Balaban J connectivity index is 1.42. The molecule has 4 heteroatoms. The number of benzene rings is 2. The summed E-state index contributed by atoms with van der Waals surface area (Å²) in [5, 5.41) is 9.52. The summed E-state index contributed by atoms with van der Waals surface area (Å²) < 4.78 is 12.4. The SMILES string of the molecule is O=C(O)c1ccc2c(c1)CCCC(C1CCCC1)=C2c1ccc(CC2CN(CCCF)C2)cc1. The molecule has 0 amide bonds. The first-order valence-corrected chi connectivity index (χ1v) is 13.1. The third-order valence-corrected chi connectivity index (χ3v) is 8.09. The average Bonchev–Trinajstić information content (AvgIpc) is 3.29. The number of rotatable bonds is 8. The Morgan fingerprint density at radius 2 is 1.76 bits per heavy atom. The zero-order valence-electron chi connectivity index (χ0n) is 20.1. The number of carboxylic acid groups (broad SMARTS) is 1. The number of allylic oxidation sites excluding steroid dienone is 1. The van der Waals surface area contributed by atoms with Crippen LogP contribution in [0.1, 0.15) is 77.6 Å². The molecule has 0 spiro atoms. The summed E-state index contributed by atoms with van der Waals surface area (Å²) in [6.45, 7) is 2.82. The van der Waals surface area contributed by atoms with Crippen molar-refractivity contribution in [2.45, 2.75) is 57.8 Å². The lowest BCUT2D eigenvalue weighted by Gasteiger charge is -2.39. The number of likely N-dealkylation sites (tertiary alicyclic amines) is 1. The van der Waals surface area contributed by atoms with Crippen molar-refractivity contribution in [1.29, 1.82) is 0 Å². The fourth-order valence-electron chi connectivity index (χ4n) is 6.38. The van der Waals surface area contributed by atoms with E-state index in [-0.39, 0.29) is 6.67 Å². The van der Waals surface area contributed by atoms with Gasteiger partial charge in [-0.3, -0.25) is 4.39 Å². The molecule has 180 valence electrons. The molecule has 0 bridgehead atoms. The number of alkyl halides is 1. The summed E-state index contributed by atoms with van der Waals surface area (Å²) >= 11 is 0. The summed E-state index contributed by atoms with van der Waals surface area (Å²) in [7, 11) is 0. The maximum absolute atomic E-state index is 12.4. The third-order valence-electron chi connectivity index (χ3n) is 8.09. The number of hydrogen-bond donors (Lipinski definition) is 1. The van der Waals surface area contributed by atoms with Crippen LogP contribution in [0.4, 0.5) is 4.39 Å². The lowest BCUT2D eigenvalue weighted by atomic mass is 9.83. The zero-order chi connectivity index (χ0) is 23.5. The average molecular weight is 462 g/mol. The van der Waals surface area contributed by atoms with Crippen molar-refractivity contribution >= 4 is 11.5 Å². The van der Waals surface area contributed by atoms with Gasteiger partial charge in [0, 0.05) is 19.6 Å². The van der Waals surface area contributed by atoms with Gasteiger partial charge < -0.3 is 10.0 Å². The summed E-state index contributed by atoms with van der Waals surface area (Å²) in [6.07, 6.45) is 10.0. The van der Waals surface area contributed by atoms with Crippen molar-refractivity contribution in [1.82, 2.24) is 4.90 Å². The van der Waals surface area contributed by atoms with Crippen LogP contribution in [0.2, 0.25) is 0 Å². The van der Waals surface area contributed by atoms with Gasteiger partial charge in [-0.1, -0.05) is 48.7 Å². The predicted molar refractivity (Wildman–Crippen MR) is 135 cm³/mol. The molecule has 3 nitrogen and oxygen atoms in total. The minimum Gasteiger partial charge on any atom is -0.478 e. The van der Waals surface area contributed by atoms with Crippen LogP contribution in [-0.2, 0) is 12.8 Å². The first-order valence-electron chi connectivity index (χ1n) is 13.1. The van der Waals surface area contributed by atoms with Gasteiger partial charge in [0.25, 0.3) is 0 Å². The molecule has 2 aliphatic carbocycles. The van der Waals surface area contributed by atoms with Gasteiger partial charge in [0.15, 0.2) is 0 Å². The number of carbonyl (C=O) groups is 1. The number of nitrogens with zero attached hydrogens (tertiary/aromatic N) is 1. The van der Waals surface area contributed by atoms with Gasteiger partial charge in [-0.25, -0.2) is 4.79 Å². The van der Waals surface area contributed by atoms with E-state index in [9.17, 15) is 14.3 Å². The fraction of sp³-hybridized carbons (Fsp3) is 0.500. The summed E-state index contributed by atoms with van der Waals surface area (Å²) in [4.78, 5) is 13.9. The Bertz CT molecular complexity index is 1050. The number of hydrogen-bond acceptors (Lipinski definition) is 2. The fourth-order valence-corrected chi connectivity index (χ4v) is 6.38. The molecule has 1 heterocycles. The Morgan fingerprint density at radius 1 is 1.00 bits per heavy atom. The van der Waals surface area contributed by atoms with Crippen LogP contribution in [0, 0.1) is 11.8 Å². The smallest absolute Gasteiger partial charge is 0.335 e. The highest BCUT2D eigenvalue weighted by Crippen LogP contribution is 2.43. The quantitative estimate of drug-likeness (QED) is 0.485. The monoisotopic (exact) mass is 461 g/mol. The Morgan fingerprint density at radius 3 is 2.47 bits per heavy atom. The molecule has 1 N–H and O–H groups in total. The van der Waals surface area contributed by atoms with E-state index in [2.05, 4.69) is 35.2 Å². The van der Waals surface area contributed by atoms with Crippen molar-refractivity contribution < 1.29 is 14.3 Å². The van der Waals surface area contributed by atoms with E-state index < -0.39 is 5.97 Å². The Hall–Kier alpha value is -2.46. The summed E-state index contributed by atoms with van der Waals surface area (Å²) in [6, 6.07) is 14.9. The zero-order valence-corrected chi connectivity index (χ0v) is 20.1. The largest absolute Gasteiger partial charge is 0.478 e. The molecular weight excluding hydrogens is 425 g/mol. The van der Waals surface area contributed by atoms with E-state index in [0.717, 1.165) is 45.3 Å². The van der Waals surface area contributed by atoms with Crippen molar-refractivity contribution in [2.75, 3.05) is 26.3 Å². The molecule has 34 heavy (non-hydrogen) atoms. The van der Waals surface area contributed by atoms with Crippen molar-refractivity contribution in [3.05, 3.63) is 75.9 Å². The van der Waals surface area contributed by atoms with Gasteiger partial charge in [0.05, 0.1) is 12.2 Å². The highest BCUT2D eigenvalue weighted by molar-refractivity contribution is 5.90. The van der Waals surface area contributed by atoms with Crippen LogP contribution in [0.25, 0.3) is 5.57 Å². The van der Waals surface area contributed by atoms with Gasteiger partial charge in [0.2, 0.25) is 0 Å². The topological polar surface area (TPSA) is 40.5 Å². The Labute approximate surface area is 202 Å². The van der Waals surface area contributed by atoms with Gasteiger partial charge in [-0.15, -0.1) is 0 Å². The minimum absolute atomic E-state index is 0.220. The minimum atomic E-state index is -0.850. The van der Waals surface area contributed by atoms with Crippen molar-refractivity contribution in [2.24, 2.45) is 11.8 Å². The molecule has 1 saturated carbocycles. The van der Waals surface area contributed by atoms with Crippen molar-refractivity contribution in [3.8, 4) is 0 Å². The third kappa shape index (κ3) is 4.98. The summed E-state index contributed by atoms with van der Waals surface area (Å²) in [5.74, 6) is 0.481. The second kappa shape index (κ2) is 10.4. The molecule has 5 rings (SSSR count). The molecule has 0 unspecified atom stereocenters. The van der Waals surface area contributed by atoms with Crippen LogP contribution in [0.15, 0.2) is 48.0 Å². The van der Waals surface area contributed by atoms with Crippen LogP contribution in [0.5, 0.6) is 0 Å². The number of fused-ring (bicyclic) bond motifs is 1. The molecule has 0 radical (unpaired) electrons. The lowest BCUT2D eigenvalue weighted by Crippen LogP contribution is -2.47. The Kier molecular flexibility index (Phi) is 7.15. The second-order valence-electron chi connectivity index (χ2n) is 10.5. The van der Waals surface area contributed by atoms with E-state index in [4.69, 9.17) is 0 Å². The van der Waals surface area contributed by atoms with E-state index >= 15 is 0 Å². The highest BCUT2D eigenvalue weighted by atomic mass is 19.1. The number of carboxylic acids is 1. The number of halogens is 1. The molecule has 3 aliphatic rings. The highest BCUT2D eigenvalue weighted by Gasteiger charge is 2.28. The van der Waals surface area contributed by atoms with Crippen LogP contribution in [-0.4, -0.2) is 42.3 Å². The summed E-state index contributed by atoms with van der Waals surface area (Å²) in [5.41, 5.74) is 8.40. The molecule has 0 aromatic heterocycles. The van der Waals surface area contributed by atoms with Gasteiger partial charge >= 0.3 is 5.97 Å². The van der Waals surface area contributed by atoms with Crippen LogP contribution in [0.3, 0.4) is 0 Å². The molecule has 1 saturated heterocycles. The van der Waals surface area contributed by atoms with E-state index in [0.29, 0.717) is 23.8 Å². The molecule has 0 atom stereocenters. The number of aryl methyl sites for hydroxylation is 1. The molecule has 2 fully saturated rings. The standard InChI is InChI=1S/C30H36FNO2/c31-15-4-16-32-19-22(20-32)17-21-9-11-24(12-10-21)29-27(23-5-1-2-6-23)8-3-7-25-18-26(30(33)34)13-14-28(25)29/h9-14,18,22-23H,1-8,15-17,19-20H2,(H,33,34). The normalized spacial score (nSPS) is 19.7. The van der Waals surface area contributed by atoms with Gasteiger partial charge in [-0.05, 0) is 96.7 Å². The molecule has 2 aromatic carbocycles. The van der Waals surface area contributed by atoms with E-state index in [1.165, 1.54) is 53.5 Å². The maximum Gasteiger partial charge on any atom is 0.335 e. The first kappa shape index (κ1) is 23.3. The van der Waals surface area contributed by atoms with Gasteiger partial charge in [-0.2, -0.15) is 0 Å². The van der Waals surface area contributed by atoms with Crippen LogP contribution < -0.4 is 0 Å². The first-order chi connectivity index (χ1) is 16.6. The lowest BCUT2D eigenvalue weighted by molar-refractivity contribution is 0.0696. The molecule has 1 aliphatic heterocycles. The predicted octanol–water partition coefficient (Wildman–Crippen LogP) is 6.55. The maximum atomic E-state index is 12.4. The second-order valence-corrected chi connectivity index (χ2v) is 10.5. The number of aromatic carboxylic acids is 1. The van der Waals surface area contributed by atoms with Crippen LogP contribution >= 0.6 is 0 Å². The van der Waals surface area contributed by atoms with Gasteiger partial charge in [0.1, 0.15) is 0 Å². The van der Waals surface area contributed by atoms with Crippen molar-refractivity contribution in [3.63, 3.8) is 0 Å².